The van der Waals surface area contributed by atoms with Crippen LogP contribution in [0.15, 0.2) is 128 Å². The van der Waals surface area contributed by atoms with Crippen LogP contribution in [-0.4, -0.2) is 97.2 Å². The van der Waals surface area contributed by atoms with Gasteiger partial charge in [0.2, 0.25) is 11.6 Å². The maximum atomic E-state index is 12.8. The molecule has 1 atom stereocenters. The quantitative estimate of drug-likeness (QED) is 0.0179. The van der Waals surface area contributed by atoms with Gasteiger partial charge in [-0.05, 0) is 113 Å². The van der Waals surface area contributed by atoms with Gasteiger partial charge in [-0.3, -0.25) is 9.59 Å². The lowest BCUT2D eigenvalue weighted by Crippen LogP contribution is -2.28. The van der Waals surface area contributed by atoms with Crippen molar-refractivity contribution in [3.8, 4) is 17.2 Å². The number of ether oxygens (including phenoxy) is 4. The second-order valence-corrected chi connectivity index (χ2v) is 19.2. The Morgan fingerprint density at radius 2 is 1.55 bits per heavy atom. The average molecular weight is 970 g/mol. The van der Waals surface area contributed by atoms with Gasteiger partial charge in [0, 0.05) is 72.5 Å². The van der Waals surface area contributed by atoms with Gasteiger partial charge in [0.15, 0.2) is 18.5 Å². The number of fused-ring (bicyclic) bond motifs is 2. The van der Waals surface area contributed by atoms with Crippen LogP contribution in [0.4, 0.5) is 11.4 Å². The number of hydrogen-bond donors (Lipinski definition) is 4. The van der Waals surface area contributed by atoms with Gasteiger partial charge in [-0.2, -0.15) is 4.58 Å². The second-order valence-electron chi connectivity index (χ2n) is 19.2. The van der Waals surface area contributed by atoms with E-state index in [1.54, 1.807) is 48.5 Å². The van der Waals surface area contributed by atoms with Gasteiger partial charge < -0.3 is 44.7 Å². The van der Waals surface area contributed by atoms with Crippen LogP contribution >= 0.6 is 0 Å². The predicted octanol–water partition coefficient (Wildman–Crippen LogP) is 10.1. The van der Waals surface area contributed by atoms with Crippen molar-refractivity contribution in [3.05, 3.63) is 150 Å². The highest BCUT2D eigenvalue weighted by atomic mass is 16.7. The number of unbranched alkanes of at least 4 members (excludes halogenated alkanes) is 4. The number of carbonyl (C=O) groups is 3. The van der Waals surface area contributed by atoms with Crippen LogP contribution < -0.4 is 25.0 Å². The lowest BCUT2D eigenvalue weighted by molar-refractivity contribution is -0.438. The van der Waals surface area contributed by atoms with Gasteiger partial charge in [0.25, 0.3) is 5.91 Å². The fraction of sp³-hybridized carbons (Fsp3) is 0.414. The molecule has 6 rings (SSSR count). The highest BCUT2D eigenvalue weighted by Crippen LogP contribution is 2.48. The van der Waals surface area contributed by atoms with Crippen molar-refractivity contribution in [2.24, 2.45) is 0 Å². The molecule has 0 saturated carbocycles. The number of carbonyl (C=O) groups excluding carboxylic acids is 2. The number of nitrogens with zero attached hydrogens (tertiary/aromatic N) is 2. The largest absolute Gasteiger partial charge is 0.508 e. The summed E-state index contributed by atoms with van der Waals surface area (Å²) >= 11 is 0. The summed E-state index contributed by atoms with van der Waals surface area (Å²) in [4.78, 5) is 39.0. The Labute approximate surface area is 419 Å². The molecule has 0 aromatic heterocycles. The average Bonchev–Trinajstić information content (AvgIpc) is 3.69. The molecule has 0 fully saturated rings. The first kappa shape index (κ1) is 53.6. The molecule has 4 aromatic rings. The summed E-state index contributed by atoms with van der Waals surface area (Å²) in [6.45, 7) is 17.9. The van der Waals surface area contributed by atoms with Crippen molar-refractivity contribution in [2.75, 3.05) is 57.5 Å². The Bertz CT molecular complexity index is 2540. The van der Waals surface area contributed by atoms with Crippen molar-refractivity contribution >= 4 is 34.9 Å². The van der Waals surface area contributed by atoms with Crippen LogP contribution in [-0.2, 0) is 29.9 Å². The highest BCUT2D eigenvalue weighted by Gasteiger charge is 2.44. The molecular formula is C58H73N4O9+. The number of anilines is 1. The Hall–Kier alpha value is -6.70. The molecule has 378 valence electrons. The van der Waals surface area contributed by atoms with E-state index in [-0.39, 0.29) is 41.6 Å². The summed E-state index contributed by atoms with van der Waals surface area (Å²) in [5.41, 5.74) is 8.92. The van der Waals surface area contributed by atoms with Crippen molar-refractivity contribution in [3.63, 3.8) is 0 Å². The number of phenolic OH excluding ortho intramolecular Hbond substituents is 1. The standard InChI is InChI=1S/C58H72N4O9/c1-7-36-69-55(71-40-54(65)66)41-70-46-20-16-19-43(39-46)56(67)60-33-14-9-13-32-59-53(64)25-10-8-15-34-61-50-31-26-42(2)38-48(50)58(5,6)52(61)24-17-23-51-57(3,4)47-21-11-12-22-49(47)62(51)35-18-37-68-45-29-27-44(63)28-30-45/h7,11-12,16-17,19-24,26-31,38-39,55H,1,8-10,13-15,18,25,32-37,40-41H2,2-6H3,(H3-,59,60,63,64,65,66,67)/p+1. The van der Waals surface area contributed by atoms with Crippen molar-refractivity contribution in [1.29, 1.82) is 0 Å². The van der Waals surface area contributed by atoms with Crippen LogP contribution in [0, 0.1) is 6.92 Å². The SMILES string of the molecule is C=CCOC(COc1cccc(C(=O)NCCCCCNC(=O)CCCCCN2/C(=C/C=C/C3=[N+](CCCOc4ccc(O)cc4)c4ccccc4C3(C)C)C(C)(C)c3cc(C)ccc32)c1)OCC(=O)O. The Kier molecular flexibility index (Phi) is 19.6. The molecule has 13 heteroatoms. The molecule has 0 bridgehead atoms. The Morgan fingerprint density at radius 3 is 2.32 bits per heavy atom. The van der Waals surface area contributed by atoms with E-state index in [2.05, 4.69) is 122 Å². The number of nitrogens with one attached hydrogen (secondary N) is 2. The molecule has 0 saturated heterocycles. The van der Waals surface area contributed by atoms with E-state index in [4.69, 9.17) is 24.1 Å². The van der Waals surface area contributed by atoms with Crippen LogP contribution in [0.1, 0.15) is 106 Å². The Morgan fingerprint density at radius 1 is 0.789 bits per heavy atom. The van der Waals surface area contributed by atoms with E-state index in [0.717, 1.165) is 63.8 Å². The van der Waals surface area contributed by atoms with Crippen molar-refractivity contribution < 1.29 is 48.1 Å². The number of phenols is 1. The van der Waals surface area contributed by atoms with E-state index in [9.17, 15) is 19.5 Å². The molecule has 2 amide bonds. The summed E-state index contributed by atoms with van der Waals surface area (Å²) in [7, 11) is 0. The minimum atomic E-state index is -1.12. The normalized spacial score (nSPS) is 15.4. The summed E-state index contributed by atoms with van der Waals surface area (Å²) in [5.74, 6) is 0.103. The van der Waals surface area contributed by atoms with E-state index in [0.29, 0.717) is 37.4 Å². The highest BCUT2D eigenvalue weighted by molar-refractivity contribution is 6.03. The zero-order valence-corrected chi connectivity index (χ0v) is 42.2. The number of aryl methyl sites for hydroxylation is 1. The molecule has 0 spiro atoms. The van der Waals surface area contributed by atoms with E-state index >= 15 is 0 Å². The zero-order valence-electron chi connectivity index (χ0n) is 42.2. The molecule has 2 aliphatic heterocycles. The smallest absolute Gasteiger partial charge is 0.329 e. The Balaban J connectivity index is 0.941. The number of aromatic hydroxyl groups is 1. The number of carboxylic acids is 1. The lowest BCUT2D eigenvalue weighted by Gasteiger charge is -2.27. The number of aliphatic carboxylic acids is 1. The molecule has 4 N–H and O–H groups in total. The predicted molar refractivity (Wildman–Crippen MR) is 279 cm³/mol. The van der Waals surface area contributed by atoms with Crippen molar-refractivity contribution in [1.82, 2.24) is 10.6 Å². The molecule has 71 heavy (non-hydrogen) atoms. The minimum absolute atomic E-state index is 0.0626. The number of para-hydroxylation sites is 1. The third kappa shape index (κ3) is 14.9. The maximum Gasteiger partial charge on any atom is 0.329 e. The first-order valence-corrected chi connectivity index (χ1v) is 25.0. The number of benzene rings is 4. The molecule has 2 aliphatic rings. The third-order valence-electron chi connectivity index (χ3n) is 13.0. The van der Waals surface area contributed by atoms with Gasteiger partial charge in [-0.15, -0.1) is 6.58 Å². The van der Waals surface area contributed by atoms with Crippen molar-refractivity contribution in [2.45, 2.75) is 103 Å². The molecule has 4 aromatic carbocycles. The van der Waals surface area contributed by atoms with Crippen LogP contribution in [0.2, 0.25) is 0 Å². The third-order valence-corrected chi connectivity index (χ3v) is 13.0. The molecule has 0 radical (unpaired) electrons. The van der Waals surface area contributed by atoms with E-state index < -0.39 is 18.9 Å². The summed E-state index contributed by atoms with van der Waals surface area (Å²) < 4.78 is 24.8. The van der Waals surface area contributed by atoms with E-state index in [1.807, 2.05) is 0 Å². The van der Waals surface area contributed by atoms with Gasteiger partial charge in [-0.1, -0.05) is 74.4 Å². The first-order valence-electron chi connectivity index (χ1n) is 25.0. The van der Waals surface area contributed by atoms with E-state index in [1.165, 1.54) is 45.5 Å². The van der Waals surface area contributed by atoms with Gasteiger partial charge >= 0.3 is 5.97 Å². The first-order chi connectivity index (χ1) is 34.2. The van der Waals surface area contributed by atoms with Crippen LogP contribution in [0.3, 0.4) is 0 Å². The monoisotopic (exact) mass is 970 g/mol. The molecule has 2 heterocycles. The fourth-order valence-corrected chi connectivity index (χ4v) is 9.25. The van der Waals surface area contributed by atoms with Gasteiger partial charge in [0.05, 0.1) is 18.6 Å². The summed E-state index contributed by atoms with van der Waals surface area (Å²) in [5, 5.41) is 24.6. The number of amides is 2. The maximum absolute atomic E-state index is 12.8. The molecule has 13 nitrogen and oxygen atoms in total. The van der Waals surface area contributed by atoms with Crippen LogP contribution in [0.5, 0.6) is 17.2 Å². The zero-order chi connectivity index (χ0) is 50.8. The van der Waals surface area contributed by atoms with Gasteiger partial charge in [0.1, 0.15) is 30.5 Å². The lowest BCUT2D eigenvalue weighted by atomic mass is 9.81. The summed E-state index contributed by atoms with van der Waals surface area (Å²) in [6, 6.07) is 29.0. The number of carboxylic acid groups (broad SMARTS) is 1. The molecular weight excluding hydrogens is 897 g/mol. The van der Waals surface area contributed by atoms with Crippen LogP contribution in [0.25, 0.3) is 0 Å². The minimum Gasteiger partial charge on any atom is -0.508 e. The topological polar surface area (TPSA) is 159 Å². The molecule has 0 aliphatic carbocycles. The number of rotatable bonds is 29. The summed E-state index contributed by atoms with van der Waals surface area (Å²) in [6.07, 6.45) is 13.9. The number of hydrogen-bond acceptors (Lipinski definition) is 9. The fourth-order valence-electron chi connectivity index (χ4n) is 9.25. The molecule has 1 unspecified atom stereocenters. The number of allylic oxidation sites excluding steroid dienone is 4. The van der Waals surface area contributed by atoms with Gasteiger partial charge in [-0.25, -0.2) is 4.79 Å². The second kappa shape index (κ2) is 26.0.